The van der Waals surface area contributed by atoms with Crippen LogP contribution in [0.1, 0.15) is 0 Å². The maximum Gasteiger partial charge on any atom is 0.183 e. The summed E-state index contributed by atoms with van der Waals surface area (Å²) < 4.78 is 0. The van der Waals surface area contributed by atoms with Gasteiger partial charge in [0.2, 0.25) is 0 Å². The lowest BCUT2D eigenvalue weighted by Gasteiger charge is -2.01. The second-order valence-corrected chi connectivity index (χ2v) is 3.40. The number of aromatic nitrogens is 4. The molecule has 2 heterocycles. The van der Waals surface area contributed by atoms with Crippen LogP contribution in [0.2, 0.25) is 0 Å². The zero-order chi connectivity index (χ0) is 11.0. The van der Waals surface area contributed by atoms with E-state index in [9.17, 15) is 0 Å². The summed E-state index contributed by atoms with van der Waals surface area (Å²) in [4.78, 5) is 15.6. The molecule has 0 amide bonds. The highest BCUT2D eigenvalue weighted by Crippen LogP contribution is 2.19. The summed E-state index contributed by atoms with van der Waals surface area (Å²) in [6.45, 7) is 0. The quantitative estimate of drug-likeness (QED) is 0.640. The van der Waals surface area contributed by atoms with Gasteiger partial charge >= 0.3 is 0 Å². The molecule has 78 valence electrons. The van der Waals surface area contributed by atoms with Crippen LogP contribution in [-0.2, 0) is 0 Å². The number of imidazole rings is 1. The Morgan fingerprint density at radius 2 is 1.88 bits per heavy atom. The highest BCUT2D eigenvalue weighted by Gasteiger charge is 2.08. The summed E-state index contributed by atoms with van der Waals surface area (Å²) in [5.74, 6) is 1.01. The van der Waals surface area contributed by atoms with Crippen molar-refractivity contribution in [3.63, 3.8) is 0 Å². The first-order chi connectivity index (χ1) is 7.84. The van der Waals surface area contributed by atoms with Crippen LogP contribution < -0.4 is 5.73 Å². The predicted octanol–water partition coefficient (Wildman–Crippen LogP) is 1.60. The summed E-state index contributed by atoms with van der Waals surface area (Å²) in [6.07, 6.45) is 1.56. The second kappa shape index (κ2) is 3.30. The zero-order valence-corrected chi connectivity index (χ0v) is 8.38. The average Bonchev–Trinajstić information content (AvgIpc) is 2.79. The SMILES string of the molecule is Nc1nc(-c2ccccc2)nc2nc[nH]c12. The molecule has 5 nitrogen and oxygen atoms in total. The van der Waals surface area contributed by atoms with E-state index in [1.807, 2.05) is 30.3 Å². The molecular weight excluding hydrogens is 202 g/mol. The number of H-pyrrole nitrogens is 1. The van der Waals surface area contributed by atoms with Gasteiger partial charge < -0.3 is 10.7 Å². The molecule has 0 aliphatic rings. The molecule has 0 radical (unpaired) electrons. The molecule has 0 spiro atoms. The third-order valence-corrected chi connectivity index (χ3v) is 2.35. The Morgan fingerprint density at radius 3 is 2.69 bits per heavy atom. The predicted molar refractivity (Wildman–Crippen MR) is 61.5 cm³/mol. The zero-order valence-electron chi connectivity index (χ0n) is 8.38. The van der Waals surface area contributed by atoms with Crippen LogP contribution in [0.5, 0.6) is 0 Å². The van der Waals surface area contributed by atoms with E-state index in [2.05, 4.69) is 19.9 Å². The minimum Gasteiger partial charge on any atom is -0.382 e. The number of hydrogen-bond donors (Lipinski definition) is 2. The third-order valence-electron chi connectivity index (χ3n) is 2.35. The van der Waals surface area contributed by atoms with Gasteiger partial charge in [0.25, 0.3) is 0 Å². The first-order valence-corrected chi connectivity index (χ1v) is 4.86. The maximum absolute atomic E-state index is 5.82. The summed E-state index contributed by atoms with van der Waals surface area (Å²) >= 11 is 0. The van der Waals surface area contributed by atoms with Gasteiger partial charge in [-0.15, -0.1) is 0 Å². The molecule has 3 rings (SSSR count). The lowest BCUT2D eigenvalue weighted by atomic mass is 10.2. The van der Waals surface area contributed by atoms with E-state index in [0.29, 0.717) is 22.8 Å². The molecule has 0 saturated heterocycles. The molecule has 0 unspecified atom stereocenters. The van der Waals surface area contributed by atoms with Crippen molar-refractivity contribution in [1.82, 2.24) is 19.9 Å². The van der Waals surface area contributed by atoms with Crippen molar-refractivity contribution in [2.75, 3.05) is 5.73 Å². The minimum atomic E-state index is 0.418. The molecule has 0 atom stereocenters. The fraction of sp³-hybridized carbons (Fsp3) is 0. The van der Waals surface area contributed by atoms with Crippen molar-refractivity contribution in [2.45, 2.75) is 0 Å². The lowest BCUT2D eigenvalue weighted by molar-refractivity contribution is 1.21. The smallest absolute Gasteiger partial charge is 0.183 e. The number of benzene rings is 1. The summed E-state index contributed by atoms with van der Waals surface area (Å²) in [5, 5.41) is 0. The van der Waals surface area contributed by atoms with Crippen molar-refractivity contribution < 1.29 is 0 Å². The Morgan fingerprint density at radius 1 is 1.06 bits per heavy atom. The van der Waals surface area contributed by atoms with E-state index in [1.54, 1.807) is 6.33 Å². The summed E-state index contributed by atoms with van der Waals surface area (Å²) in [6, 6.07) is 9.69. The first-order valence-electron chi connectivity index (χ1n) is 4.86. The number of aromatic amines is 1. The Labute approximate surface area is 91.4 Å². The van der Waals surface area contributed by atoms with E-state index in [-0.39, 0.29) is 0 Å². The number of nitrogens with one attached hydrogen (secondary N) is 1. The van der Waals surface area contributed by atoms with Crippen molar-refractivity contribution in [2.24, 2.45) is 0 Å². The molecule has 0 aliphatic carbocycles. The molecule has 3 aromatic rings. The van der Waals surface area contributed by atoms with Crippen molar-refractivity contribution in [1.29, 1.82) is 0 Å². The molecular formula is C11H9N5. The fourth-order valence-electron chi connectivity index (χ4n) is 1.57. The monoisotopic (exact) mass is 211 g/mol. The van der Waals surface area contributed by atoms with Gasteiger partial charge in [-0.1, -0.05) is 30.3 Å². The van der Waals surface area contributed by atoms with Gasteiger partial charge in [-0.25, -0.2) is 15.0 Å². The van der Waals surface area contributed by atoms with E-state index in [1.165, 1.54) is 0 Å². The van der Waals surface area contributed by atoms with E-state index >= 15 is 0 Å². The van der Waals surface area contributed by atoms with Gasteiger partial charge in [-0.2, -0.15) is 0 Å². The molecule has 0 bridgehead atoms. The van der Waals surface area contributed by atoms with Crippen molar-refractivity contribution >= 4 is 17.0 Å². The lowest BCUT2D eigenvalue weighted by Crippen LogP contribution is -1.97. The molecule has 2 aromatic heterocycles. The van der Waals surface area contributed by atoms with Gasteiger partial charge in [-0.3, -0.25) is 0 Å². The van der Waals surface area contributed by atoms with Gasteiger partial charge in [0, 0.05) is 5.56 Å². The van der Waals surface area contributed by atoms with Crippen molar-refractivity contribution in [3.8, 4) is 11.4 Å². The van der Waals surface area contributed by atoms with E-state index in [0.717, 1.165) is 5.56 Å². The van der Waals surface area contributed by atoms with E-state index < -0.39 is 0 Å². The Balaban J connectivity index is 2.25. The van der Waals surface area contributed by atoms with Crippen LogP contribution in [0.15, 0.2) is 36.7 Å². The molecule has 5 heteroatoms. The molecule has 0 saturated carbocycles. The van der Waals surface area contributed by atoms with Crippen LogP contribution >= 0.6 is 0 Å². The van der Waals surface area contributed by atoms with Crippen LogP contribution in [0.25, 0.3) is 22.6 Å². The molecule has 0 aliphatic heterocycles. The average molecular weight is 211 g/mol. The molecule has 3 N–H and O–H groups in total. The van der Waals surface area contributed by atoms with Gasteiger partial charge in [-0.05, 0) is 0 Å². The number of anilines is 1. The Hall–Kier alpha value is -2.43. The molecule has 16 heavy (non-hydrogen) atoms. The van der Waals surface area contributed by atoms with Crippen LogP contribution in [0.4, 0.5) is 5.82 Å². The third kappa shape index (κ3) is 1.30. The van der Waals surface area contributed by atoms with Crippen LogP contribution in [0, 0.1) is 0 Å². The maximum atomic E-state index is 5.82. The van der Waals surface area contributed by atoms with Gasteiger partial charge in [0.05, 0.1) is 6.33 Å². The highest BCUT2D eigenvalue weighted by molar-refractivity contribution is 5.83. The number of hydrogen-bond acceptors (Lipinski definition) is 4. The number of nitrogen functional groups attached to an aromatic ring is 1. The van der Waals surface area contributed by atoms with Gasteiger partial charge in [0.15, 0.2) is 17.3 Å². The number of nitrogens with two attached hydrogens (primary N) is 1. The number of rotatable bonds is 1. The van der Waals surface area contributed by atoms with E-state index in [4.69, 9.17) is 5.73 Å². The Bertz CT molecular complexity index is 629. The van der Waals surface area contributed by atoms with Crippen LogP contribution in [0.3, 0.4) is 0 Å². The number of fused-ring (bicyclic) bond motifs is 1. The summed E-state index contributed by atoms with van der Waals surface area (Å²) in [7, 11) is 0. The molecule has 1 aromatic carbocycles. The number of nitrogens with zero attached hydrogens (tertiary/aromatic N) is 3. The largest absolute Gasteiger partial charge is 0.382 e. The Kier molecular flexibility index (Phi) is 1.83. The standard InChI is InChI=1S/C11H9N5/c12-9-8-11(14-6-13-8)16-10(15-9)7-4-2-1-3-5-7/h1-6H,(H3,12,13,14,15,16). The minimum absolute atomic E-state index is 0.418. The second-order valence-electron chi connectivity index (χ2n) is 3.40. The fourth-order valence-corrected chi connectivity index (χ4v) is 1.57. The summed E-state index contributed by atoms with van der Waals surface area (Å²) in [5.41, 5.74) is 8.02. The van der Waals surface area contributed by atoms with Crippen molar-refractivity contribution in [3.05, 3.63) is 36.7 Å². The topological polar surface area (TPSA) is 80.5 Å². The first kappa shape index (κ1) is 8.84. The highest BCUT2D eigenvalue weighted by atomic mass is 15.0. The normalized spacial score (nSPS) is 10.8. The van der Waals surface area contributed by atoms with Crippen LogP contribution in [-0.4, -0.2) is 19.9 Å². The molecule has 0 fully saturated rings. The van der Waals surface area contributed by atoms with Gasteiger partial charge in [0.1, 0.15) is 5.52 Å².